The third-order valence-electron chi connectivity index (χ3n) is 2.05. The van der Waals surface area contributed by atoms with E-state index in [4.69, 9.17) is 4.74 Å². The molecule has 0 aromatic carbocycles. The smallest absolute Gasteiger partial charge is 0.318 e. The first-order valence-electron chi connectivity index (χ1n) is 4.91. The summed E-state index contributed by atoms with van der Waals surface area (Å²) in [7, 11) is 1.89. The zero-order chi connectivity index (χ0) is 10.4. The molecule has 14 heavy (non-hydrogen) atoms. The number of imidazole rings is 1. The molecule has 0 radical (unpaired) electrons. The Labute approximate surface area is 83.9 Å². The lowest BCUT2D eigenvalue weighted by Crippen LogP contribution is -2.32. The van der Waals surface area contributed by atoms with Crippen LogP contribution in [-0.2, 0) is 23.0 Å². The number of aromatic amines is 1. The van der Waals surface area contributed by atoms with E-state index in [1.54, 1.807) is 6.20 Å². The summed E-state index contributed by atoms with van der Waals surface area (Å²) < 4.78 is 6.91. The van der Waals surface area contributed by atoms with Gasteiger partial charge in [-0.05, 0) is 6.42 Å². The highest BCUT2D eigenvalue weighted by Crippen LogP contribution is 1.93. The van der Waals surface area contributed by atoms with Gasteiger partial charge in [0.05, 0.1) is 13.7 Å². The van der Waals surface area contributed by atoms with Crippen molar-refractivity contribution in [2.45, 2.75) is 26.2 Å². The van der Waals surface area contributed by atoms with Crippen LogP contribution in [0.5, 0.6) is 0 Å². The lowest BCUT2D eigenvalue weighted by atomic mass is 10.3. The van der Waals surface area contributed by atoms with Crippen LogP contribution in [0.25, 0.3) is 0 Å². The molecule has 0 saturated carbocycles. The molecule has 0 spiro atoms. The number of unbranched alkanes of at least 4 members (excludes halogenated alkanes) is 1. The van der Waals surface area contributed by atoms with Crippen molar-refractivity contribution >= 4 is 5.97 Å². The Morgan fingerprint density at radius 2 is 2.43 bits per heavy atom. The van der Waals surface area contributed by atoms with Crippen molar-refractivity contribution in [1.82, 2.24) is 4.98 Å². The quantitative estimate of drug-likeness (QED) is 0.429. The van der Waals surface area contributed by atoms with E-state index >= 15 is 0 Å². The van der Waals surface area contributed by atoms with Gasteiger partial charge in [0.2, 0.25) is 0 Å². The van der Waals surface area contributed by atoms with Crippen molar-refractivity contribution in [2.24, 2.45) is 7.05 Å². The standard InChI is InChI=1S/C10H16N2O2/c1-3-4-7-14-10(13)8-9-11-5-6-12(9)2/h5-6H,3-4,7-8H2,1-2H3/p+1. The van der Waals surface area contributed by atoms with Gasteiger partial charge in [-0.25, -0.2) is 9.55 Å². The molecule has 4 heteroatoms. The molecular weight excluding hydrogens is 180 g/mol. The zero-order valence-electron chi connectivity index (χ0n) is 8.75. The minimum Gasteiger partial charge on any atom is -0.465 e. The molecule has 78 valence electrons. The largest absolute Gasteiger partial charge is 0.465 e. The molecule has 0 aliphatic heterocycles. The molecule has 0 saturated heterocycles. The fraction of sp³-hybridized carbons (Fsp3) is 0.600. The molecule has 0 unspecified atom stereocenters. The number of esters is 1. The lowest BCUT2D eigenvalue weighted by Gasteiger charge is -2.00. The summed E-state index contributed by atoms with van der Waals surface area (Å²) in [6.07, 6.45) is 5.96. The highest BCUT2D eigenvalue weighted by atomic mass is 16.5. The van der Waals surface area contributed by atoms with E-state index in [0.717, 1.165) is 18.7 Å². The second-order valence-corrected chi connectivity index (χ2v) is 3.27. The Bertz CT molecular complexity index is 294. The summed E-state index contributed by atoms with van der Waals surface area (Å²) in [6.45, 7) is 2.60. The molecule has 0 aliphatic rings. The predicted molar refractivity (Wildman–Crippen MR) is 51.5 cm³/mol. The monoisotopic (exact) mass is 197 g/mol. The predicted octanol–water partition coefficient (Wildman–Crippen LogP) is 0.725. The van der Waals surface area contributed by atoms with Crippen molar-refractivity contribution in [1.29, 1.82) is 0 Å². The van der Waals surface area contributed by atoms with Gasteiger partial charge in [0.15, 0.2) is 0 Å². The van der Waals surface area contributed by atoms with Gasteiger partial charge >= 0.3 is 5.97 Å². The minimum atomic E-state index is -0.170. The van der Waals surface area contributed by atoms with Crippen LogP contribution < -0.4 is 4.57 Å². The van der Waals surface area contributed by atoms with Crippen LogP contribution in [0, 0.1) is 0 Å². The molecule has 0 bridgehead atoms. The van der Waals surface area contributed by atoms with E-state index in [-0.39, 0.29) is 5.97 Å². The van der Waals surface area contributed by atoms with Crippen LogP contribution in [0.2, 0.25) is 0 Å². The molecule has 0 amide bonds. The molecular formula is C10H17N2O2+. The van der Waals surface area contributed by atoms with Crippen molar-refractivity contribution < 1.29 is 14.1 Å². The maximum Gasteiger partial charge on any atom is 0.318 e. The summed E-state index contributed by atoms with van der Waals surface area (Å²) in [5, 5.41) is 0. The highest BCUT2D eigenvalue weighted by molar-refractivity contribution is 5.71. The first kappa shape index (κ1) is 10.8. The Hall–Kier alpha value is -1.32. The fourth-order valence-electron chi connectivity index (χ4n) is 1.13. The van der Waals surface area contributed by atoms with Gasteiger partial charge in [0.25, 0.3) is 5.82 Å². The molecule has 0 fully saturated rings. The zero-order valence-corrected chi connectivity index (χ0v) is 8.75. The average molecular weight is 197 g/mol. The van der Waals surface area contributed by atoms with Gasteiger partial charge in [0, 0.05) is 0 Å². The van der Waals surface area contributed by atoms with E-state index in [1.165, 1.54) is 0 Å². The summed E-state index contributed by atoms with van der Waals surface area (Å²) in [4.78, 5) is 14.3. The Morgan fingerprint density at radius 3 is 3.00 bits per heavy atom. The first-order chi connectivity index (χ1) is 6.74. The molecule has 0 atom stereocenters. The Kier molecular flexibility index (Phi) is 4.16. The number of rotatable bonds is 5. The first-order valence-corrected chi connectivity index (χ1v) is 4.91. The number of aryl methyl sites for hydroxylation is 1. The average Bonchev–Trinajstić information content (AvgIpc) is 2.52. The summed E-state index contributed by atoms with van der Waals surface area (Å²) >= 11 is 0. The number of ether oxygens (including phenoxy) is 1. The second-order valence-electron chi connectivity index (χ2n) is 3.27. The molecule has 0 aliphatic carbocycles. The third-order valence-corrected chi connectivity index (χ3v) is 2.05. The molecule has 1 N–H and O–H groups in total. The van der Waals surface area contributed by atoms with E-state index in [2.05, 4.69) is 11.9 Å². The highest BCUT2D eigenvalue weighted by Gasteiger charge is 2.13. The SMILES string of the molecule is CCCCOC(=O)Cc1[nH]cc[n+]1C. The van der Waals surface area contributed by atoms with E-state index in [0.29, 0.717) is 13.0 Å². The van der Waals surface area contributed by atoms with Crippen molar-refractivity contribution in [3.05, 3.63) is 18.2 Å². The Morgan fingerprint density at radius 1 is 1.64 bits per heavy atom. The Balaban J connectivity index is 2.31. The number of carbonyl (C=O) groups excluding carboxylic acids is 1. The number of nitrogens with zero attached hydrogens (tertiary/aromatic N) is 1. The van der Waals surface area contributed by atoms with Gasteiger partial charge in [-0.15, -0.1) is 0 Å². The van der Waals surface area contributed by atoms with Crippen molar-refractivity contribution in [3.8, 4) is 0 Å². The normalized spacial score (nSPS) is 10.1. The number of hydrogen-bond acceptors (Lipinski definition) is 2. The molecule has 1 aromatic heterocycles. The van der Waals surface area contributed by atoms with Gasteiger partial charge in [-0.3, -0.25) is 4.79 Å². The summed E-state index contributed by atoms with van der Waals surface area (Å²) in [5.74, 6) is 0.697. The molecule has 1 heterocycles. The van der Waals surface area contributed by atoms with Crippen LogP contribution in [0.1, 0.15) is 25.6 Å². The minimum absolute atomic E-state index is 0.170. The van der Waals surface area contributed by atoms with Crippen LogP contribution in [-0.4, -0.2) is 17.6 Å². The van der Waals surface area contributed by atoms with Crippen LogP contribution >= 0.6 is 0 Å². The third kappa shape index (κ3) is 3.20. The van der Waals surface area contributed by atoms with E-state index in [1.807, 2.05) is 17.8 Å². The molecule has 4 nitrogen and oxygen atoms in total. The van der Waals surface area contributed by atoms with E-state index < -0.39 is 0 Å². The molecule has 1 rings (SSSR count). The summed E-state index contributed by atoms with van der Waals surface area (Å²) in [5.41, 5.74) is 0. The summed E-state index contributed by atoms with van der Waals surface area (Å²) in [6, 6.07) is 0. The number of nitrogens with one attached hydrogen (secondary N) is 1. The van der Waals surface area contributed by atoms with Gasteiger partial charge in [-0.1, -0.05) is 13.3 Å². The van der Waals surface area contributed by atoms with Gasteiger partial charge in [0.1, 0.15) is 18.8 Å². The number of hydrogen-bond donors (Lipinski definition) is 1. The maximum absolute atomic E-state index is 11.3. The maximum atomic E-state index is 11.3. The van der Waals surface area contributed by atoms with Gasteiger partial charge < -0.3 is 4.74 Å². The second kappa shape index (κ2) is 5.42. The molecule has 1 aromatic rings. The van der Waals surface area contributed by atoms with Crippen LogP contribution in [0.3, 0.4) is 0 Å². The van der Waals surface area contributed by atoms with Crippen molar-refractivity contribution in [2.75, 3.05) is 6.61 Å². The van der Waals surface area contributed by atoms with E-state index in [9.17, 15) is 4.79 Å². The van der Waals surface area contributed by atoms with Crippen molar-refractivity contribution in [3.63, 3.8) is 0 Å². The lowest BCUT2D eigenvalue weighted by molar-refractivity contribution is -0.677. The fourth-order valence-corrected chi connectivity index (χ4v) is 1.13. The van der Waals surface area contributed by atoms with Crippen LogP contribution in [0.15, 0.2) is 12.4 Å². The van der Waals surface area contributed by atoms with Crippen LogP contribution in [0.4, 0.5) is 0 Å². The van der Waals surface area contributed by atoms with Gasteiger partial charge in [-0.2, -0.15) is 0 Å². The number of H-pyrrole nitrogens is 1. The number of carbonyl (C=O) groups is 1. The number of aromatic nitrogens is 2. The topological polar surface area (TPSA) is 46.0 Å².